The van der Waals surface area contributed by atoms with Gasteiger partial charge < -0.3 is 16.2 Å². The first-order chi connectivity index (χ1) is 12.5. The predicted molar refractivity (Wildman–Crippen MR) is 103 cm³/mol. The molecule has 0 bridgehead atoms. The number of rotatable bonds is 6. The first kappa shape index (κ1) is 18.1. The van der Waals surface area contributed by atoms with Crippen LogP contribution in [0.3, 0.4) is 0 Å². The van der Waals surface area contributed by atoms with Gasteiger partial charge in [0, 0.05) is 18.0 Å². The first-order valence-corrected chi connectivity index (χ1v) is 8.69. The minimum Gasteiger partial charge on any atom is -0.507 e. The van der Waals surface area contributed by atoms with Crippen LogP contribution in [0.2, 0.25) is 0 Å². The second-order valence-corrected chi connectivity index (χ2v) is 6.82. The molecule has 5 nitrogen and oxygen atoms in total. The molecular formula is C20H23FN4O. The number of halogens is 1. The van der Waals surface area contributed by atoms with Gasteiger partial charge in [0.05, 0.1) is 11.1 Å². The van der Waals surface area contributed by atoms with Gasteiger partial charge in [0.25, 0.3) is 0 Å². The highest BCUT2D eigenvalue weighted by atomic mass is 19.1. The number of phenolic OH excluding ortho intramolecular Hbond substituents is 1. The average molecular weight is 354 g/mol. The lowest BCUT2D eigenvalue weighted by Gasteiger charge is -2.17. The van der Waals surface area contributed by atoms with Gasteiger partial charge in [-0.1, -0.05) is 32.0 Å². The number of phenols is 1. The summed E-state index contributed by atoms with van der Waals surface area (Å²) in [6, 6.07) is 11.6. The van der Waals surface area contributed by atoms with E-state index < -0.39 is 5.82 Å². The molecule has 4 N–H and O–H groups in total. The zero-order valence-corrected chi connectivity index (χ0v) is 14.9. The number of hydrogen-bond acceptors (Lipinski definition) is 5. The van der Waals surface area contributed by atoms with E-state index >= 15 is 0 Å². The molecule has 3 aromatic rings. The maximum Gasteiger partial charge on any atom is 0.168 e. The topological polar surface area (TPSA) is 84.1 Å². The fraction of sp³-hybridized carbons (Fsp3) is 0.300. The van der Waals surface area contributed by atoms with E-state index in [-0.39, 0.29) is 23.2 Å². The Morgan fingerprint density at radius 2 is 1.88 bits per heavy atom. The van der Waals surface area contributed by atoms with Crippen molar-refractivity contribution in [2.24, 2.45) is 11.7 Å². The Kier molecular flexibility index (Phi) is 5.32. The fourth-order valence-electron chi connectivity index (χ4n) is 2.97. The minimum atomic E-state index is -0.567. The van der Waals surface area contributed by atoms with Crippen molar-refractivity contribution in [3.05, 3.63) is 48.3 Å². The van der Waals surface area contributed by atoms with Crippen LogP contribution >= 0.6 is 0 Å². The van der Waals surface area contributed by atoms with Crippen LogP contribution in [0, 0.1) is 11.7 Å². The molecule has 3 rings (SSSR count). The lowest BCUT2D eigenvalue weighted by atomic mass is 10.0. The van der Waals surface area contributed by atoms with Crippen LogP contribution in [0.15, 0.2) is 42.5 Å². The van der Waals surface area contributed by atoms with Crippen LogP contribution in [0.1, 0.15) is 20.3 Å². The summed E-state index contributed by atoms with van der Waals surface area (Å²) in [4.78, 5) is 8.89. The molecule has 0 amide bonds. The molecule has 6 heteroatoms. The minimum absolute atomic E-state index is 0.00668. The van der Waals surface area contributed by atoms with Crippen molar-refractivity contribution in [3.63, 3.8) is 0 Å². The van der Waals surface area contributed by atoms with E-state index in [0.29, 0.717) is 23.8 Å². The van der Waals surface area contributed by atoms with E-state index in [4.69, 9.17) is 5.73 Å². The Morgan fingerprint density at radius 3 is 2.62 bits per heavy atom. The van der Waals surface area contributed by atoms with Crippen molar-refractivity contribution in [3.8, 4) is 17.1 Å². The number of nitrogens with one attached hydrogen (secondary N) is 1. The molecular weight excluding hydrogens is 331 g/mol. The molecule has 0 aliphatic rings. The monoisotopic (exact) mass is 354 g/mol. The summed E-state index contributed by atoms with van der Waals surface area (Å²) in [6.07, 6.45) is 0.886. The summed E-state index contributed by atoms with van der Waals surface area (Å²) < 4.78 is 14.2. The van der Waals surface area contributed by atoms with E-state index in [1.807, 2.05) is 24.3 Å². The number of nitrogens with zero attached hydrogens (tertiary/aromatic N) is 2. The van der Waals surface area contributed by atoms with Gasteiger partial charge in [0.15, 0.2) is 5.82 Å². The van der Waals surface area contributed by atoms with E-state index in [1.54, 1.807) is 0 Å². The lowest BCUT2D eigenvalue weighted by molar-refractivity contribution is 0.471. The Hall–Kier alpha value is -2.73. The molecule has 0 fully saturated rings. The maximum atomic E-state index is 14.2. The van der Waals surface area contributed by atoms with Crippen LogP contribution in [0.4, 0.5) is 10.2 Å². The lowest BCUT2D eigenvalue weighted by Crippen LogP contribution is -2.30. The van der Waals surface area contributed by atoms with Crippen LogP contribution in [-0.4, -0.2) is 27.7 Å². The van der Waals surface area contributed by atoms with E-state index in [2.05, 4.69) is 29.1 Å². The van der Waals surface area contributed by atoms with Gasteiger partial charge in [-0.3, -0.25) is 0 Å². The number of nitrogens with two attached hydrogens (primary N) is 1. The molecule has 0 radical (unpaired) electrons. The summed E-state index contributed by atoms with van der Waals surface area (Å²) in [5.41, 5.74) is 6.82. The number of benzene rings is 2. The molecule has 136 valence electrons. The molecule has 0 aliphatic heterocycles. The Morgan fingerprint density at radius 1 is 1.12 bits per heavy atom. The van der Waals surface area contributed by atoms with Crippen LogP contribution < -0.4 is 11.1 Å². The third kappa shape index (κ3) is 3.91. The standard InChI is InChI=1S/C20H23FN4O/c1-12(2)10-13(22)11-23-19-14-6-3-4-8-16(14)24-20(25-19)18-15(21)7-5-9-17(18)26/h3-9,12-13,26H,10-11,22H2,1-2H3,(H,23,24,25)/t13-/m1/s1. The van der Waals surface area contributed by atoms with Gasteiger partial charge >= 0.3 is 0 Å². The highest BCUT2D eigenvalue weighted by Gasteiger charge is 2.16. The third-order valence-corrected chi connectivity index (χ3v) is 4.12. The summed E-state index contributed by atoms with van der Waals surface area (Å²) in [7, 11) is 0. The van der Waals surface area contributed by atoms with Gasteiger partial charge in [-0.05, 0) is 36.6 Å². The van der Waals surface area contributed by atoms with Crippen molar-refractivity contribution >= 4 is 16.7 Å². The van der Waals surface area contributed by atoms with E-state index in [9.17, 15) is 9.50 Å². The van der Waals surface area contributed by atoms with Crippen molar-refractivity contribution in [2.45, 2.75) is 26.3 Å². The second kappa shape index (κ2) is 7.66. The van der Waals surface area contributed by atoms with Gasteiger partial charge in [0.2, 0.25) is 0 Å². The van der Waals surface area contributed by atoms with Crippen LogP contribution in [-0.2, 0) is 0 Å². The molecule has 0 aliphatic carbocycles. The van der Waals surface area contributed by atoms with Crippen molar-refractivity contribution in [1.82, 2.24) is 9.97 Å². The average Bonchev–Trinajstić information content (AvgIpc) is 2.59. The summed E-state index contributed by atoms with van der Waals surface area (Å²) in [6.45, 7) is 4.79. The van der Waals surface area contributed by atoms with E-state index in [0.717, 1.165) is 11.8 Å². The van der Waals surface area contributed by atoms with Crippen LogP contribution in [0.25, 0.3) is 22.3 Å². The fourth-order valence-corrected chi connectivity index (χ4v) is 2.97. The molecule has 26 heavy (non-hydrogen) atoms. The smallest absolute Gasteiger partial charge is 0.168 e. The first-order valence-electron chi connectivity index (χ1n) is 8.69. The summed E-state index contributed by atoms with van der Waals surface area (Å²) in [5.74, 6) is 0.456. The number of fused-ring (bicyclic) bond motifs is 1. The number of anilines is 1. The molecule has 0 saturated heterocycles. The third-order valence-electron chi connectivity index (χ3n) is 4.12. The van der Waals surface area contributed by atoms with Gasteiger partial charge in [0.1, 0.15) is 17.4 Å². The largest absolute Gasteiger partial charge is 0.507 e. The Labute approximate surface area is 152 Å². The number of para-hydroxylation sites is 1. The highest BCUT2D eigenvalue weighted by Crippen LogP contribution is 2.32. The SMILES string of the molecule is CC(C)C[C@@H](N)CNc1nc(-c2c(O)cccc2F)nc2ccccc12. The molecule has 0 spiro atoms. The van der Waals surface area contributed by atoms with Crippen molar-refractivity contribution in [2.75, 3.05) is 11.9 Å². The predicted octanol–water partition coefficient (Wildman–Crippen LogP) is 3.93. The highest BCUT2D eigenvalue weighted by molar-refractivity contribution is 5.90. The maximum absolute atomic E-state index is 14.2. The quantitative estimate of drug-likeness (QED) is 0.625. The second-order valence-electron chi connectivity index (χ2n) is 6.82. The molecule has 1 heterocycles. The van der Waals surface area contributed by atoms with Gasteiger partial charge in [-0.25, -0.2) is 14.4 Å². The number of aromatic hydroxyl groups is 1. The van der Waals surface area contributed by atoms with Crippen molar-refractivity contribution < 1.29 is 9.50 Å². The summed E-state index contributed by atoms with van der Waals surface area (Å²) >= 11 is 0. The Bertz CT molecular complexity index is 893. The molecule has 0 unspecified atom stereocenters. The number of hydrogen-bond donors (Lipinski definition) is 3. The van der Waals surface area contributed by atoms with Gasteiger partial charge in [-0.2, -0.15) is 0 Å². The van der Waals surface area contributed by atoms with Crippen molar-refractivity contribution in [1.29, 1.82) is 0 Å². The normalized spacial score (nSPS) is 12.5. The van der Waals surface area contributed by atoms with E-state index in [1.165, 1.54) is 18.2 Å². The molecule has 1 aromatic heterocycles. The molecule has 2 aromatic carbocycles. The molecule has 1 atom stereocenters. The number of aromatic nitrogens is 2. The zero-order chi connectivity index (χ0) is 18.7. The van der Waals surface area contributed by atoms with Crippen LogP contribution in [0.5, 0.6) is 5.75 Å². The Balaban J connectivity index is 2.02. The molecule has 0 saturated carbocycles. The zero-order valence-electron chi connectivity index (χ0n) is 14.9. The summed E-state index contributed by atoms with van der Waals surface area (Å²) in [5, 5.41) is 14.1. The van der Waals surface area contributed by atoms with Gasteiger partial charge in [-0.15, -0.1) is 0 Å².